The number of ether oxygens (including phenoxy) is 2. The van der Waals surface area contributed by atoms with Crippen molar-refractivity contribution >= 4 is 6.16 Å². The molecular weight excluding hydrogens is 288 g/mol. The van der Waals surface area contributed by atoms with Crippen LogP contribution in [0.15, 0.2) is 36.4 Å². The first-order chi connectivity index (χ1) is 11.1. The van der Waals surface area contributed by atoms with Crippen LogP contribution in [0.2, 0.25) is 0 Å². The van der Waals surface area contributed by atoms with Crippen molar-refractivity contribution in [1.29, 1.82) is 0 Å². The van der Waals surface area contributed by atoms with Crippen LogP contribution in [0.1, 0.15) is 43.0 Å². The molecule has 0 N–H and O–H groups in total. The van der Waals surface area contributed by atoms with E-state index in [-0.39, 0.29) is 0 Å². The fourth-order valence-corrected chi connectivity index (χ4v) is 2.85. The highest BCUT2D eigenvalue weighted by Gasteiger charge is 2.15. The molecule has 2 aromatic rings. The minimum absolute atomic E-state index is 0.524. The van der Waals surface area contributed by atoms with Crippen molar-refractivity contribution in [2.45, 2.75) is 47.0 Å². The summed E-state index contributed by atoms with van der Waals surface area (Å²) in [5.74, 6) is 1.12. The third-order valence-electron chi connectivity index (χ3n) is 4.05. The quantitative estimate of drug-likeness (QED) is 0.558. The van der Waals surface area contributed by atoms with Gasteiger partial charge in [0.1, 0.15) is 11.5 Å². The summed E-state index contributed by atoms with van der Waals surface area (Å²) in [7, 11) is 0. The van der Waals surface area contributed by atoms with Crippen molar-refractivity contribution in [1.82, 2.24) is 0 Å². The van der Waals surface area contributed by atoms with E-state index in [1.165, 1.54) is 11.1 Å². The molecule has 0 bridgehead atoms. The number of rotatable bonds is 5. The van der Waals surface area contributed by atoms with Gasteiger partial charge in [0.25, 0.3) is 0 Å². The van der Waals surface area contributed by atoms with E-state index in [0.29, 0.717) is 11.5 Å². The lowest BCUT2D eigenvalue weighted by Crippen LogP contribution is -2.16. The van der Waals surface area contributed by atoms with Crippen molar-refractivity contribution in [2.24, 2.45) is 0 Å². The summed E-state index contributed by atoms with van der Waals surface area (Å²) in [5, 5.41) is 0. The first-order valence-corrected chi connectivity index (χ1v) is 8.19. The zero-order valence-electron chi connectivity index (χ0n) is 14.3. The average molecular weight is 312 g/mol. The predicted molar refractivity (Wildman–Crippen MR) is 92.4 cm³/mol. The number of benzene rings is 2. The maximum absolute atomic E-state index is 12.1. The summed E-state index contributed by atoms with van der Waals surface area (Å²) in [4.78, 5) is 12.1. The molecule has 0 radical (unpaired) electrons. The van der Waals surface area contributed by atoms with Gasteiger partial charge in [0.2, 0.25) is 0 Å². The normalized spacial score (nSPS) is 10.4. The molecular formula is C20H24O3. The molecule has 0 saturated carbocycles. The second kappa shape index (κ2) is 7.82. The molecule has 122 valence electrons. The lowest BCUT2D eigenvalue weighted by molar-refractivity contribution is 0.151. The van der Waals surface area contributed by atoms with Crippen molar-refractivity contribution in [3.63, 3.8) is 0 Å². The third-order valence-corrected chi connectivity index (χ3v) is 4.05. The van der Waals surface area contributed by atoms with Gasteiger partial charge in [0, 0.05) is 0 Å². The molecule has 0 aliphatic carbocycles. The summed E-state index contributed by atoms with van der Waals surface area (Å²) in [5.41, 5.74) is 4.57. The summed E-state index contributed by atoms with van der Waals surface area (Å²) in [6, 6.07) is 11.3. The minimum Gasteiger partial charge on any atom is -0.394 e. The number of carbonyl (C=O) groups excluding carboxylic acids is 1. The lowest BCUT2D eigenvalue weighted by atomic mass is 9.95. The van der Waals surface area contributed by atoms with Crippen LogP contribution in [0.25, 0.3) is 0 Å². The zero-order valence-corrected chi connectivity index (χ0v) is 14.3. The first-order valence-electron chi connectivity index (χ1n) is 8.19. The van der Waals surface area contributed by atoms with Gasteiger partial charge in [-0.05, 0) is 60.6 Å². The molecule has 0 heterocycles. The van der Waals surface area contributed by atoms with Crippen LogP contribution >= 0.6 is 0 Å². The van der Waals surface area contributed by atoms with Crippen molar-refractivity contribution in [2.75, 3.05) is 0 Å². The molecule has 3 nitrogen and oxygen atoms in total. The van der Waals surface area contributed by atoms with E-state index in [1.807, 2.05) is 37.3 Å². The minimum atomic E-state index is -0.694. The Morgan fingerprint density at radius 2 is 1.48 bits per heavy atom. The van der Waals surface area contributed by atoms with Gasteiger partial charge in [-0.25, -0.2) is 4.79 Å². The van der Waals surface area contributed by atoms with Crippen molar-refractivity contribution < 1.29 is 14.3 Å². The van der Waals surface area contributed by atoms with Crippen molar-refractivity contribution in [3.8, 4) is 11.5 Å². The fraction of sp³-hybridized carbons (Fsp3) is 0.350. The summed E-state index contributed by atoms with van der Waals surface area (Å²) < 4.78 is 10.8. The zero-order chi connectivity index (χ0) is 16.8. The molecule has 0 atom stereocenters. The number of hydrogen-bond acceptors (Lipinski definition) is 3. The monoisotopic (exact) mass is 312 g/mol. The number of carbonyl (C=O) groups is 1. The van der Waals surface area contributed by atoms with E-state index >= 15 is 0 Å². The first kappa shape index (κ1) is 17.1. The Morgan fingerprint density at radius 1 is 0.826 bits per heavy atom. The number of para-hydroxylation sites is 1. The van der Waals surface area contributed by atoms with Gasteiger partial charge in [-0.2, -0.15) is 0 Å². The van der Waals surface area contributed by atoms with E-state index in [1.54, 1.807) is 6.07 Å². The molecule has 23 heavy (non-hydrogen) atoms. The van der Waals surface area contributed by atoms with E-state index in [9.17, 15) is 4.79 Å². The van der Waals surface area contributed by atoms with E-state index < -0.39 is 6.16 Å². The van der Waals surface area contributed by atoms with E-state index in [2.05, 4.69) is 20.8 Å². The highest BCUT2D eigenvalue weighted by atomic mass is 16.7. The molecule has 0 spiro atoms. The Kier molecular flexibility index (Phi) is 5.80. The maximum Gasteiger partial charge on any atom is 0.519 e. The van der Waals surface area contributed by atoms with Crippen molar-refractivity contribution in [3.05, 3.63) is 58.7 Å². The standard InChI is InChI=1S/C20H24O3/c1-5-15-12-13-19(17(7-3)16(15)6-2)23-20(21)22-18-11-9-8-10-14(18)4/h8-13H,5-7H2,1-4H3. The Hall–Kier alpha value is -2.29. The van der Waals surface area contributed by atoms with Crippen LogP contribution in [0.4, 0.5) is 4.79 Å². The van der Waals surface area contributed by atoms with Crippen LogP contribution in [0.5, 0.6) is 11.5 Å². The van der Waals surface area contributed by atoms with Gasteiger partial charge in [0.05, 0.1) is 0 Å². The van der Waals surface area contributed by atoms with Gasteiger partial charge in [-0.15, -0.1) is 0 Å². The van der Waals surface area contributed by atoms with Crippen LogP contribution in [-0.2, 0) is 19.3 Å². The SMILES string of the molecule is CCc1ccc(OC(=O)Oc2ccccc2C)c(CC)c1CC. The van der Waals surface area contributed by atoms with Crippen LogP contribution < -0.4 is 9.47 Å². The lowest BCUT2D eigenvalue weighted by Gasteiger charge is -2.16. The molecule has 0 aliphatic heterocycles. The van der Waals surface area contributed by atoms with E-state index in [4.69, 9.17) is 9.47 Å². The molecule has 2 aromatic carbocycles. The summed E-state index contributed by atoms with van der Waals surface area (Å²) in [6.45, 7) is 8.24. The van der Waals surface area contributed by atoms with Crippen LogP contribution in [-0.4, -0.2) is 6.16 Å². The highest BCUT2D eigenvalue weighted by molar-refractivity contribution is 5.68. The maximum atomic E-state index is 12.1. The number of hydrogen-bond donors (Lipinski definition) is 0. The molecule has 0 amide bonds. The Morgan fingerprint density at radius 3 is 2.09 bits per heavy atom. The summed E-state index contributed by atoms with van der Waals surface area (Å²) >= 11 is 0. The van der Waals surface area contributed by atoms with Gasteiger partial charge in [0.15, 0.2) is 0 Å². The third kappa shape index (κ3) is 3.92. The second-order valence-corrected chi connectivity index (χ2v) is 5.46. The Bertz CT molecular complexity index is 689. The fourth-order valence-electron chi connectivity index (χ4n) is 2.85. The van der Waals surface area contributed by atoms with Crippen LogP contribution in [0, 0.1) is 6.92 Å². The molecule has 0 unspecified atom stereocenters. The predicted octanol–water partition coefficient (Wildman–Crippen LogP) is 5.26. The average Bonchev–Trinajstić information content (AvgIpc) is 2.56. The molecule has 0 saturated heterocycles. The van der Waals surface area contributed by atoms with Crippen LogP contribution in [0.3, 0.4) is 0 Å². The van der Waals surface area contributed by atoms with E-state index in [0.717, 1.165) is 30.4 Å². The summed E-state index contributed by atoms with van der Waals surface area (Å²) in [6.07, 6.45) is 2.03. The highest BCUT2D eigenvalue weighted by Crippen LogP contribution is 2.28. The Labute approximate surface area is 138 Å². The topological polar surface area (TPSA) is 35.5 Å². The molecule has 0 fully saturated rings. The molecule has 3 heteroatoms. The molecule has 2 rings (SSSR count). The van der Waals surface area contributed by atoms with Gasteiger partial charge in [-0.3, -0.25) is 0 Å². The largest absolute Gasteiger partial charge is 0.519 e. The van der Waals surface area contributed by atoms with Gasteiger partial charge in [-0.1, -0.05) is 45.0 Å². The number of aryl methyl sites for hydroxylation is 2. The van der Waals surface area contributed by atoms with Gasteiger partial charge < -0.3 is 9.47 Å². The van der Waals surface area contributed by atoms with Gasteiger partial charge >= 0.3 is 6.16 Å². The smallest absolute Gasteiger partial charge is 0.394 e. The Balaban J connectivity index is 2.22. The second-order valence-electron chi connectivity index (χ2n) is 5.46. The molecule has 0 aromatic heterocycles. The molecule has 0 aliphatic rings.